The summed E-state index contributed by atoms with van der Waals surface area (Å²) in [7, 11) is -4.03. The third-order valence-electron chi connectivity index (χ3n) is 3.97. The van der Waals surface area contributed by atoms with Gasteiger partial charge in [-0.15, -0.1) is 11.3 Å². The van der Waals surface area contributed by atoms with E-state index in [1.54, 1.807) is 29.6 Å². The van der Waals surface area contributed by atoms with Gasteiger partial charge >= 0.3 is 0 Å². The molecule has 1 aliphatic rings. The van der Waals surface area contributed by atoms with Gasteiger partial charge in [0.05, 0.1) is 5.02 Å². The molecule has 0 radical (unpaired) electrons. The highest BCUT2D eigenvalue weighted by Gasteiger charge is 2.58. The molecule has 2 amide bonds. The van der Waals surface area contributed by atoms with Gasteiger partial charge in [-0.25, -0.2) is 8.42 Å². The maximum atomic E-state index is 13.0. The van der Waals surface area contributed by atoms with Crippen molar-refractivity contribution in [2.45, 2.75) is 27.6 Å². The number of halogens is 2. The van der Waals surface area contributed by atoms with Gasteiger partial charge < -0.3 is 0 Å². The van der Waals surface area contributed by atoms with Crippen molar-refractivity contribution in [1.82, 2.24) is 5.32 Å². The van der Waals surface area contributed by atoms with Crippen LogP contribution in [0, 0.1) is 11.8 Å². The van der Waals surface area contributed by atoms with Crippen molar-refractivity contribution in [3.8, 4) is 11.8 Å². The van der Waals surface area contributed by atoms with Crippen LogP contribution in [0.15, 0.2) is 39.9 Å². The van der Waals surface area contributed by atoms with Gasteiger partial charge in [-0.2, -0.15) is 0 Å². The molecule has 2 aromatic rings. The Morgan fingerprint density at radius 3 is 2.61 bits per heavy atom. The Hall–Kier alpha value is -1.50. The van der Waals surface area contributed by atoms with Crippen LogP contribution >= 0.6 is 46.3 Å². The lowest BCUT2D eigenvalue weighted by Crippen LogP contribution is -2.43. The van der Waals surface area contributed by atoms with Crippen LogP contribution in [0.1, 0.15) is 24.8 Å². The number of nitrogens with one attached hydrogen (secondary N) is 1. The zero-order chi connectivity index (χ0) is 20.4. The fraction of sp³-hybridized carbons (Fsp3) is 0.222. The van der Waals surface area contributed by atoms with E-state index in [4.69, 9.17) is 23.2 Å². The zero-order valence-electron chi connectivity index (χ0n) is 14.2. The molecule has 2 heterocycles. The summed E-state index contributed by atoms with van der Waals surface area (Å²) < 4.78 is 24.3. The summed E-state index contributed by atoms with van der Waals surface area (Å²) in [5, 5.41) is 4.01. The second-order valence-corrected chi connectivity index (χ2v) is 11.5. The summed E-state index contributed by atoms with van der Waals surface area (Å²) in [5.41, 5.74) is 0.568. The van der Waals surface area contributed by atoms with E-state index >= 15 is 0 Å². The molecule has 0 aliphatic carbocycles. The zero-order valence-corrected chi connectivity index (χ0v) is 18.2. The van der Waals surface area contributed by atoms with Crippen LogP contribution in [0.4, 0.5) is 4.79 Å². The summed E-state index contributed by atoms with van der Waals surface area (Å²) in [6.45, 7) is 0. The second-order valence-electron chi connectivity index (χ2n) is 5.81. The molecule has 1 N–H and O–H groups in total. The SMILES string of the molecule is O=C1NC(=O)C(CCCC#Cc2cc(Cl)ccc2Cl)(S(=O)(=O)c2cccs2)S1. The first-order chi connectivity index (χ1) is 13.3. The van der Waals surface area contributed by atoms with Gasteiger partial charge in [-0.05, 0) is 54.2 Å². The Kier molecular flexibility index (Phi) is 6.42. The third kappa shape index (κ3) is 4.09. The number of carbonyl (C=O) groups is 2. The highest BCUT2D eigenvalue weighted by molar-refractivity contribution is 8.25. The van der Waals surface area contributed by atoms with Crippen LogP contribution in [0.5, 0.6) is 0 Å². The topological polar surface area (TPSA) is 80.3 Å². The van der Waals surface area contributed by atoms with Crippen LogP contribution in [-0.2, 0) is 14.6 Å². The van der Waals surface area contributed by atoms with E-state index in [-0.39, 0.29) is 10.6 Å². The number of hydrogen-bond acceptors (Lipinski definition) is 6. The van der Waals surface area contributed by atoms with E-state index in [1.165, 1.54) is 6.07 Å². The molecule has 0 saturated carbocycles. The second kappa shape index (κ2) is 8.47. The lowest BCUT2D eigenvalue weighted by Gasteiger charge is -2.23. The number of unbranched alkanes of at least 4 members (excludes halogenated alkanes) is 1. The van der Waals surface area contributed by atoms with Crippen LogP contribution in [0.2, 0.25) is 10.0 Å². The van der Waals surface area contributed by atoms with Crippen LogP contribution in [-0.4, -0.2) is 23.6 Å². The maximum absolute atomic E-state index is 13.0. The molecule has 28 heavy (non-hydrogen) atoms. The number of sulfone groups is 1. The number of carbonyl (C=O) groups excluding carboxylic acids is 2. The fourth-order valence-electron chi connectivity index (χ4n) is 2.62. The van der Waals surface area contributed by atoms with Crippen molar-refractivity contribution in [2.75, 3.05) is 0 Å². The summed E-state index contributed by atoms with van der Waals surface area (Å²) in [6.07, 6.45) is 0.601. The predicted octanol–water partition coefficient (Wildman–Crippen LogP) is 4.73. The first-order valence-corrected chi connectivity index (χ1v) is 12.0. The molecular formula is C18H13Cl2NO4S3. The summed E-state index contributed by atoms with van der Waals surface area (Å²) in [6, 6.07) is 7.95. The van der Waals surface area contributed by atoms with Gasteiger partial charge in [0.2, 0.25) is 13.9 Å². The van der Waals surface area contributed by atoms with Crippen LogP contribution in [0.25, 0.3) is 0 Å². The minimum absolute atomic E-state index is 0.0343. The Morgan fingerprint density at radius 1 is 1.18 bits per heavy atom. The normalized spacial score (nSPS) is 19.2. The van der Waals surface area contributed by atoms with Crippen molar-refractivity contribution < 1.29 is 18.0 Å². The molecule has 1 saturated heterocycles. The average Bonchev–Trinajstić information content (AvgIpc) is 3.27. The molecule has 3 rings (SSSR count). The number of imide groups is 1. The molecule has 1 fully saturated rings. The first-order valence-electron chi connectivity index (χ1n) is 8.03. The molecule has 1 unspecified atom stereocenters. The first kappa shape index (κ1) is 21.2. The molecule has 5 nitrogen and oxygen atoms in total. The summed E-state index contributed by atoms with van der Waals surface area (Å²) >= 11 is 13.5. The Morgan fingerprint density at radius 2 is 1.96 bits per heavy atom. The van der Waals surface area contributed by atoms with E-state index < -0.39 is 25.1 Å². The Bertz CT molecular complexity index is 1090. The van der Waals surface area contributed by atoms with E-state index in [1.807, 2.05) is 0 Å². The third-order valence-corrected chi connectivity index (χ3v) is 9.98. The van der Waals surface area contributed by atoms with Crippen LogP contribution in [0.3, 0.4) is 0 Å². The Labute approximate surface area is 180 Å². The smallest absolute Gasteiger partial charge is 0.285 e. The van der Waals surface area contributed by atoms with Crippen molar-refractivity contribution in [1.29, 1.82) is 0 Å². The maximum Gasteiger partial charge on any atom is 0.287 e. The van der Waals surface area contributed by atoms with Crippen LogP contribution < -0.4 is 5.32 Å². The minimum atomic E-state index is -4.03. The number of thiophene rings is 1. The van der Waals surface area contributed by atoms with Crippen molar-refractivity contribution in [3.63, 3.8) is 0 Å². The Balaban J connectivity index is 1.78. The van der Waals surface area contributed by atoms with E-state index in [2.05, 4.69) is 17.2 Å². The van der Waals surface area contributed by atoms with Crippen molar-refractivity contribution >= 4 is 67.3 Å². The number of thioether (sulfide) groups is 1. The fourth-order valence-corrected chi connectivity index (χ4v) is 7.73. The standard InChI is InChI=1S/C18H13Cl2NO4S3/c19-13-7-8-14(20)12(11-13)5-2-1-3-9-18(16(22)21-17(23)27-18)28(24,25)15-6-4-10-26-15/h4,6-8,10-11H,1,3,9H2,(H,21,22,23). The predicted molar refractivity (Wildman–Crippen MR) is 113 cm³/mol. The quantitative estimate of drug-likeness (QED) is 0.501. The molecule has 1 aromatic carbocycles. The molecule has 1 atom stereocenters. The number of rotatable bonds is 5. The minimum Gasteiger partial charge on any atom is -0.285 e. The molecule has 10 heteroatoms. The van der Waals surface area contributed by atoms with E-state index in [9.17, 15) is 18.0 Å². The van der Waals surface area contributed by atoms with Gasteiger partial charge in [0.15, 0.2) is 0 Å². The van der Waals surface area contributed by atoms with Gasteiger partial charge in [0, 0.05) is 17.0 Å². The number of hydrogen-bond donors (Lipinski definition) is 1. The van der Waals surface area contributed by atoms with Crippen molar-refractivity contribution in [3.05, 3.63) is 51.3 Å². The average molecular weight is 474 g/mol. The molecule has 0 spiro atoms. The number of benzene rings is 1. The van der Waals surface area contributed by atoms with E-state index in [0.29, 0.717) is 40.2 Å². The molecule has 1 aliphatic heterocycles. The lowest BCUT2D eigenvalue weighted by molar-refractivity contribution is -0.120. The number of amides is 2. The monoisotopic (exact) mass is 473 g/mol. The lowest BCUT2D eigenvalue weighted by atomic mass is 10.1. The van der Waals surface area contributed by atoms with Gasteiger partial charge in [-0.3, -0.25) is 14.9 Å². The molecular weight excluding hydrogens is 461 g/mol. The summed E-state index contributed by atoms with van der Waals surface area (Å²) in [4.78, 5) is 24.2. The van der Waals surface area contributed by atoms with Gasteiger partial charge in [-0.1, -0.05) is 41.1 Å². The molecule has 1 aromatic heterocycles. The van der Waals surface area contributed by atoms with E-state index in [0.717, 1.165) is 11.3 Å². The molecule has 0 bridgehead atoms. The molecule has 146 valence electrons. The highest BCUT2D eigenvalue weighted by Crippen LogP contribution is 2.45. The highest BCUT2D eigenvalue weighted by atomic mass is 35.5. The van der Waals surface area contributed by atoms with Gasteiger partial charge in [0.25, 0.3) is 11.1 Å². The van der Waals surface area contributed by atoms with Gasteiger partial charge in [0.1, 0.15) is 4.21 Å². The summed E-state index contributed by atoms with van der Waals surface area (Å²) in [5.74, 6) is 5.00. The largest absolute Gasteiger partial charge is 0.287 e. The van der Waals surface area contributed by atoms with Crippen molar-refractivity contribution in [2.24, 2.45) is 0 Å².